The number of aryl methyl sites for hydroxylation is 1. The topological polar surface area (TPSA) is 75.2 Å². The molecule has 0 radical (unpaired) electrons. The number of nitrogens with one attached hydrogen (secondary N) is 1. The van der Waals surface area contributed by atoms with Crippen molar-refractivity contribution < 1.29 is 8.42 Å². The van der Waals surface area contributed by atoms with Crippen molar-refractivity contribution in [3.63, 3.8) is 0 Å². The van der Waals surface area contributed by atoms with Gasteiger partial charge >= 0.3 is 0 Å². The zero-order valence-corrected chi connectivity index (χ0v) is 16.8. The second-order valence-corrected chi connectivity index (χ2v) is 8.76. The van der Waals surface area contributed by atoms with Crippen LogP contribution in [-0.4, -0.2) is 35.8 Å². The number of para-hydroxylation sites is 2. The van der Waals surface area contributed by atoms with Gasteiger partial charge in [0.1, 0.15) is 5.82 Å². The van der Waals surface area contributed by atoms with Crippen LogP contribution in [0, 0.1) is 6.92 Å². The molecule has 6 nitrogen and oxygen atoms in total. The molecule has 142 valence electrons. The van der Waals surface area contributed by atoms with Gasteiger partial charge in [0, 0.05) is 19.6 Å². The first kappa shape index (κ1) is 19.3. The fraction of sp³-hybridized carbons (Fsp3) is 0.300. The van der Waals surface area contributed by atoms with E-state index < -0.39 is 10.0 Å². The molecule has 1 aromatic heterocycles. The highest BCUT2D eigenvalue weighted by Crippen LogP contribution is 2.19. The van der Waals surface area contributed by atoms with Crippen LogP contribution < -0.4 is 5.32 Å². The van der Waals surface area contributed by atoms with Crippen LogP contribution in [0.15, 0.2) is 53.4 Å². The maximum atomic E-state index is 12.5. The van der Waals surface area contributed by atoms with E-state index >= 15 is 0 Å². The lowest BCUT2D eigenvalue weighted by molar-refractivity contribution is 0.410. The fourth-order valence-electron chi connectivity index (χ4n) is 2.66. The van der Waals surface area contributed by atoms with E-state index in [9.17, 15) is 8.42 Å². The molecule has 0 unspecified atom stereocenters. The highest BCUT2D eigenvalue weighted by atomic mass is 32.2. The van der Waals surface area contributed by atoms with Gasteiger partial charge in [-0.2, -0.15) is 4.31 Å². The first-order chi connectivity index (χ1) is 12.8. The molecule has 0 fully saturated rings. The fourth-order valence-corrected chi connectivity index (χ4v) is 4.03. The molecule has 3 rings (SSSR count). The minimum atomic E-state index is -3.46. The van der Waals surface area contributed by atoms with Crippen molar-refractivity contribution in [2.24, 2.45) is 0 Å². The number of sulfonamides is 1. The maximum Gasteiger partial charge on any atom is 0.243 e. The van der Waals surface area contributed by atoms with E-state index in [1.165, 1.54) is 4.31 Å². The Morgan fingerprint density at radius 1 is 1.00 bits per heavy atom. The highest BCUT2D eigenvalue weighted by Gasteiger charge is 2.22. The van der Waals surface area contributed by atoms with E-state index in [2.05, 4.69) is 15.3 Å². The Morgan fingerprint density at radius 2 is 1.59 bits per heavy atom. The summed E-state index contributed by atoms with van der Waals surface area (Å²) in [4.78, 5) is 9.47. The van der Waals surface area contributed by atoms with Crippen LogP contribution >= 0.6 is 0 Å². The van der Waals surface area contributed by atoms with Crippen molar-refractivity contribution in [3.8, 4) is 0 Å². The number of aromatic nitrogens is 2. The molecule has 0 aliphatic carbocycles. The Kier molecular flexibility index (Phi) is 5.43. The predicted molar refractivity (Wildman–Crippen MR) is 108 cm³/mol. The molecule has 0 saturated heterocycles. The molecule has 0 bridgehead atoms. The molecule has 0 amide bonds. The molecule has 0 aliphatic rings. The van der Waals surface area contributed by atoms with Crippen LogP contribution in [0.3, 0.4) is 0 Å². The molecule has 7 heteroatoms. The molecule has 3 aromatic rings. The van der Waals surface area contributed by atoms with Crippen LogP contribution in [0.2, 0.25) is 0 Å². The third-order valence-corrected chi connectivity index (χ3v) is 6.58. The second-order valence-electron chi connectivity index (χ2n) is 6.76. The third-order valence-electron chi connectivity index (χ3n) is 4.53. The summed E-state index contributed by atoms with van der Waals surface area (Å²) >= 11 is 0. The quantitative estimate of drug-likeness (QED) is 0.703. The van der Waals surface area contributed by atoms with Gasteiger partial charge in [0.15, 0.2) is 0 Å². The molecule has 0 aliphatic heterocycles. The van der Waals surface area contributed by atoms with E-state index in [0.29, 0.717) is 11.4 Å². The third kappa shape index (κ3) is 4.09. The van der Waals surface area contributed by atoms with Gasteiger partial charge in [-0.1, -0.05) is 24.3 Å². The van der Waals surface area contributed by atoms with Crippen LogP contribution in [-0.2, 0) is 16.6 Å². The zero-order chi connectivity index (χ0) is 19.6. The lowest BCUT2D eigenvalue weighted by atomic mass is 10.2. The van der Waals surface area contributed by atoms with Gasteiger partial charge in [-0.05, 0) is 50.6 Å². The molecule has 27 heavy (non-hydrogen) atoms. The first-order valence-corrected chi connectivity index (χ1v) is 10.3. The van der Waals surface area contributed by atoms with Crippen molar-refractivity contribution in [1.82, 2.24) is 14.3 Å². The van der Waals surface area contributed by atoms with Gasteiger partial charge in [0.25, 0.3) is 0 Å². The minimum Gasteiger partial charge on any atom is -0.364 e. The predicted octanol–water partition coefficient (Wildman–Crippen LogP) is 3.58. The smallest absolute Gasteiger partial charge is 0.243 e. The molecule has 0 spiro atoms. The van der Waals surface area contributed by atoms with E-state index in [-0.39, 0.29) is 6.04 Å². The summed E-state index contributed by atoms with van der Waals surface area (Å²) in [5, 5.41) is 3.29. The average Bonchev–Trinajstić information content (AvgIpc) is 2.66. The number of fused-ring (bicyclic) bond motifs is 1. The van der Waals surface area contributed by atoms with Crippen LogP contribution in [0.1, 0.15) is 25.1 Å². The van der Waals surface area contributed by atoms with Gasteiger partial charge in [0.05, 0.1) is 21.6 Å². The Balaban J connectivity index is 1.75. The van der Waals surface area contributed by atoms with Gasteiger partial charge in [-0.3, -0.25) is 0 Å². The lowest BCUT2D eigenvalue weighted by Crippen LogP contribution is -2.33. The van der Waals surface area contributed by atoms with Crippen molar-refractivity contribution in [2.75, 3.05) is 12.4 Å². The number of anilines is 1. The van der Waals surface area contributed by atoms with Crippen molar-refractivity contribution in [3.05, 3.63) is 59.8 Å². The number of hydrogen-bond acceptors (Lipinski definition) is 5. The van der Waals surface area contributed by atoms with E-state index in [1.54, 1.807) is 19.2 Å². The largest absolute Gasteiger partial charge is 0.364 e. The minimum absolute atomic E-state index is 0.0919. The van der Waals surface area contributed by atoms with Gasteiger partial charge < -0.3 is 5.32 Å². The summed E-state index contributed by atoms with van der Waals surface area (Å²) in [5.41, 5.74) is 3.50. The molecule has 0 atom stereocenters. The van der Waals surface area contributed by atoms with Gasteiger partial charge in [-0.25, -0.2) is 18.4 Å². The molecular formula is C20H24N4O2S. The second kappa shape index (κ2) is 7.62. The van der Waals surface area contributed by atoms with Crippen LogP contribution in [0.25, 0.3) is 11.0 Å². The Hall–Kier alpha value is -2.51. The monoisotopic (exact) mass is 384 g/mol. The van der Waals surface area contributed by atoms with Gasteiger partial charge in [0.2, 0.25) is 10.0 Å². The summed E-state index contributed by atoms with van der Waals surface area (Å²) in [5.74, 6) is 0.727. The molecule has 1 N–H and O–H groups in total. The molecule has 1 heterocycles. The maximum absolute atomic E-state index is 12.5. The molecule has 0 saturated carbocycles. The summed E-state index contributed by atoms with van der Waals surface area (Å²) in [6.45, 7) is 6.15. The first-order valence-electron chi connectivity index (χ1n) is 8.83. The van der Waals surface area contributed by atoms with Crippen molar-refractivity contribution in [2.45, 2.75) is 38.3 Å². The van der Waals surface area contributed by atoms with Crippen molar-refractivity contribution >= 4 is 26.9 Å². The Bertz CT molecular complexity index is 1050. The standard InChI is InChI=1S/C20H24N4O2S/c1-14(2)24(4)27(25,26)17-11-9-16(10-12-17)13-21-20-15(3)22-18-7-5-6-8-19(18)23-20/h5-12,14H,13H2,1-4H3,(H,21,23). The average molecular weight is 385 g/mol. The SMILES string of the molecule is Cc1nc2ccccc2nc1NCc1ccc(S(=O)(=O)N(C)C(C)C)cc1. The zero-order valence-electron chi connectivity index (χ0n) is 16.0. The Morgan fingerprint density at radius 3 is 2.19 bits per heavy atom. The number of nitrogens with zero attached hydrogens (tertiary/aromatic N) is 3. The van der Waals surface area contributed by atoms with Crippen molar-refractivity contribution in [1.29, 1.82) is 0 Å². The highest BCUT2D eigenvalue weighted by molar-refractivity contribution is 7.89. The van der Waals surface area contributed by atoms with Gasteiger partial charge in [-0.15, -0.1) is 0 Å². The molecule has 2 aromatic carbocycles. The van der Waals surface area contributed by atoms with E-state index in [1.807, 2.05) is 57.2 Å². The van der Waals surface area contributed by atoms with E-state index in [4.69, 9.17) is 0 Å². The number of rotatable bonds is 6. The normalized spacial score (nSPS) is 12.1. The van der Waals surface area contributed by atoms with Crippen LogP contribution in [0.5, 0.6) is 0 Å². The van der Waals surface area contributed by atoms with Crippen LogP contribution in [0.4, 0.5) is 5.82 Å². The number of benzene rings is 2. The summed E-state index contributed by atoms with van der Waals surface area (Å²) < 4.78 is 26.4. The summed E-state index contributed by atoms with van der Waals surface area (Å²) in [7, 11) is -1.87. The van der Waals surface area contributed by atoms with E-state index in [0.717, 1.165) is 28.1 Å². The summed E-state index contributed by atoms with van der Waals surface area (Å²) in [6, 6.07) is 14.6. The lowest BCUT2D eigenvalue weighted by Gasteiger charge is -2.21. The molecular weight excluding hydrogens is 360 g/mol. The summed E-state index contributed by atoms with van der Waals surface area (Å²) in [6.07, 6.45) is 0. The number of hydrogen-bond donors (Lipinski definition) is 1. The Labute approximate surface area is 160 Å².